The monoisotopic (exact) mass is 593 g/mol. The van der Waals surface area contributed by atoms with Gasteiger partial charge in [0.05, 0.1) is 35.4 Å². The van der Waals surface area contributed by atoms with Crippen molar-refractivity contribution < 1.29 is 32.2 Å². The van der Waals surface area contributed by atoms with E-state index in [-0.39, 0.29) is 36.1 Å². The van der Waals surface area contributed by atoms with Crippen LogP contribution in [0.4, 0.5) is 13.2 Å². The molecule has 0 spiro atoms. The molecule has 0 amide bonds. The normalized spacial score (nSPS) is 11.7. The summed E-state index contributed by atoms with van der Waals surface area (Å²) >= 11 is 0. The van der Waals surface area contributed by atoms with E-state index in [0.29, 0.717) is 34.6 Å². The molecule has 4 aromatic rings. The second-order valence-electron chi connectivity index (χ2n) is 9.65. The number of hydrogen-bond donors (Lipinski definition) is 0. The second kappa shape index (κ2) is 13.4. The molecule has 1 aromatic heterocycles. The summed E-state index contributed by atoms with van der Waals surface area (Å²) in [6.45, 7) is 8.98. The van der Waals surface area contributed by atoms with E-state index in [1.807, 2.05) is 0 Å². The first-order valence-electron chi connectivity index (χ1n) is 13.5. The smallest absolute Gasteiger partial charge is 0.416 e. The number of ether oxygens (including phenoxy) is 3. The highest BCUT2D eigenvalue weighted by molar-refractivity contribution is 5.83. The van der Waals surface area contributed by atoms with Crippen LogP contribution in [0, 0.1) is 0 Å². The average Bonchev–Trinajstić information content (AvgIpc) is 2.96. The Hall–Kier alpha value is -4.93. The number of alkyl halides is 3. The highest BCUT2D eigenvalue weighted by atomic mass is 19.4. The average molecular weight is 594 g/mol. The molecule has 224 valence electrons. The minimum atomic E-state index is -4.59. The molecule has 0 aliphatic carbocycles. The van der Waals surface area contributed by atoms with Crippen molar-refractivity contribution in [3.63, 3.8) is 0 Å². The van der Waals surface area contributed by atoms with Gasteiger partial charge in [0.15, 0.2) is 23.9 Å². The first-order valence-corrected chi connectivity index (χ1v) is 13.5. The molecule has 0 unspecified atom stereocenters. The van der Waals surface area contributed by atoms with Gasteiger partial charge in [-0.3, -0.25) is 4.79 Å². The van der Waals surface area contributed by atoms with Crippen molar-refractivity contribution in [2.45, 2.75) is 39.5 Å². The Morgan fingerprint density at radius 1 is 1.09 bits per heavy atom. The van der Waals surface area contributed by atoms with Crippen molar-refractivity contribution in [2.24, 2.45) is 5.10 Å². The highest BCUT2D eigenvalue weighted by Crippen LogP contribution is 2.34. The van der Waals surface area contributed by atoms with Gasteiger partial charge in [0, 0.05) is 11.1 Å². The Morgan fingerprint density at radius 3 is 2.56 bits per heavy atom. The van der Waals surface area contributed by atoms with Crippen molar-refractivity contribution in [1.82, 2.24) is 9.66 Å². The van der Waals surface area contributed by atoms with Gasteiger partial charge in [-0.25, -0.2) is 9.78 Å². The minimum absolute atomic E-state index is 0.0639. The molecule has 43 heavy (non-hydrogen) atoms. The van der Waals surface area contributed by atoms with Crippen LogP contribution >= 0.6 is 0 Å². The number of esters is 1. The van der Waals surface area contributed by atoms with Crippen LogP contribution in [0.1, 0.15) is 37.5 Å². The third-order valence-electron chi connectivity index (χ3n) is 6.04. The summed E-state index contributed by atoms with van der Waals surface area (Å²) in [4.78, 5) is 30.1. The number of fused-ring (bicyclic) bond motifs is 1. The molecule has 11 heteroatoms. The maximum Gasteiger partial charge on any atom is 0.416 e. The predicted molar refractivity (Wildman–Crippen MR) is 158 cm³/mol. The summed E-state index contributed by atoms with van der Waals surface area (Å²) in [6, 6.07) is 14.4. The zero-order chi connectivity index (χ0) is 31.1. The first-order chi connectivity index (χ1) is 20.5. The molecule has 8 nitrogen and oxygen atoms in total. The summed E-state index contributed by atoms with van der Waals surface area (Å²) in [5.74, 6) is 0.0421. The third kappa shape index (κ3) is 7.48. The number of aromatic nitrogens is 2. The second-order valence-corrected chi connectivity index (χ2v) is 9.65. The summed E-state index contributed by atoms with van der Waals surface area (Å²) < 4.78 is 58.2. The number of hydrogen-bond acceptors (Lipinski definition) is 7. The van der Waals surface area contributed by atoms with Crippen molar-refractivity contribution >= 4 is 23.1 Å². The molecular weight excluding hydrogens is 563 g/mol. The number of rotatable bonds is 11. The summed E-state index contributed by atoms with van der Waals surface area (Å²) in [5.41, 5.74) is 0.0553. The fourth-order valence-corrected chi connectivity index (χ4v) is 4.30. The van der Waals surface area contributed by atoms with Crippen LogP contribution in [0.15, 0.2) is 83.2 Å². The van der Waals surface area contributed by atoms with E-state index in [9.17, 15) is 22.8 Å². The van der Waals surface area contributed by atoms with E-state index < -0.39 is 23.3 Å². The summed E-state index contributed by atoms with van der Waals surface area (Å²) in [7, 11) is 0. The van der Waals surface area contributed by atoms with Crippen LogP contribution in [-0.2, 0) is 22.1 Å². The molecule has 0 N–H and O–H groups in total. The van der Waals surface area contributed by atoms with Crippen molar-refractivity contribution in [3.8, 4) is 22.9 Å². The van der Waals surface area contributed by atoms with E-state index in [2.05, 4.69) is 16.7 Å². The quantitative estimate of drug-likeness (QED) is 0.113. The van der Waals surface area contributed by atoms with Gasteiger partial charge in [-0.05, 0) is 69.2 Å². The highest BCUT2D eigenvalue weighted by Gasteiger charge is 2.31. The van der Waals surface area contributed by atoms with Gasteiger partial charge in [0.1, 0.15) is 0 Å². The number of halogens is 3. The number of carbonyl (C=O) groups is 1. The Morgan fingerprint density at radius 2 is 1.86 bits per heavy atom. The number of benzene rings is 3. The molecule has 4 rings (SSSR count). The topological polar surface area (TPSA) is 92.0 Å². The van der Waals surface area contributed by atoms with Gasteiger partial charge in [-0.2, -0.15) is 22.9 Å². The zero-order valence-corrected chi connectivity index (χ0v) is 23.9. The molecule has 1 heterocycles. The molecule has 0 bridgehead atoms. The molecule has 0 atom stereocenters. The molecule has 0 fully saturated rings. The van der Waals surface area contributed by atoms with Gasteiger partial charge < -0.3 is 14.2 Å². The van der Waals surface area contributed by atoms with Crippen LogP contribution in [0.25, 0.3) is 22.3 Å². The maximum absolute atomic E-state index is 13.5. The molecule has 0 saturated carbocycles. The van der Waals surface area contributed by atoms with E-state index >= 15 is 0 Å². The lowest BCUT2D eigenvalue weighted by Crippen LogP contribution is -2.20. The van der Waals surface area contributed by atoms with Gasteiger partial charge in [-0.15, -0.1) is 6.58 Å². The largest absolute Gasteiger partial charge is 0.490 e. The van der Waals surface area contributed by atoms with E-state index in [0.717, 1.165) is 16.8 Å². The zero-order valence-electron chi connectivity index (χ0n) is 23.9. The van der Waals surface area contributed by atoms with Crippen molar-refractivity contribution in [2.75, 3.05) is 13.2 Å². The van der Waals surface area contributed by atoms with Gasteiger partial charge in [0.2, 0.25) is 0 Å². The fraction of sp³-hybridized carbons (Fsp3) is 0.250. The van der Waals surface area contributed by atoms with Gasteiger partial charge in [0.25, 0.3) is 5.56 Å². The third-order valence-corrected chi connectivity index (χ3v) is 6.04. The molecule has 0 saturated heterocycles. The number of carbonyl (C=O) groups excluding carboxylic acids is 1. The van der Waals surface area contributed by atoms with E-state index in [1.165, 1.54) is 18.3 Å². The Bertz CT molecular complexity index is 1730. The van der Waals surface area contributed by atoms with Gasteiger partial charge >= 0.3 is 12.1 Å². The Kier molecular flexibility index (Phi) is 9.64. The van der Waals surface area contributed by atoms with Crippen LogP contribution in [0.3, 0.4) is 0 Å². The van der Waals surface area contributed by atoms with Crippen LogP contribution in [0.5, 0.6) is 11.5 Å². The minimum Gasteiger partial charge on any atom is -0.490 e. The molecule has 0 radical (unpaired) electrons. The number of para-hydroxylation sites is 1. The van der Waals surface area contributed by atoms with Crippen LogP contribution in [0.2, 0.25) is 0 Å². The number of allylic oxidation sites excluding steroid dienone is 1. The lowest BCUT2D eigenvalue weighted by molar-refractivity contribution is -0.149. The number of nitrogens with zero attached hydrogens (tertiary/aromatic N) is 3. The van der Waals surface area contributed by atoms with Crippen LogP contribution < -0.4 is 15.0 Å². The molecule has 0 aliphatic heterocycles. The molecular formula is C32H30F3N3O5. The fourth-order valence-electron chi connectivity index (χ4n) is 4.30. The van der Waals surface area contributed by atoms with E-state index in [4.69, 9.17) is 14.2 Å². The lowest BCUT2D eigenvalue weighted by atomic mass is 10.1. The SMILES string of the molecule is C=CCc1cc(C=Nn2c(-c3cccc(C(F)(F)F)c3)nc3ccccc3c2=O)cc(OCC)c1OCC(=O)OC(C)C. The molecule has 0 aliphatic rings. The van der Waals surface area contributed by atoms with Crippen molar-refractivity contribution in [3.05, 3.63) is 100 Å². The van der Waals surface area contributed by atoms with Crippen molar-refractivity contribution in [1.29, 1.82) is 0 Å². The summed E-state index contributed by atoms with van der Waals surface area (Å²) in [6.07, 6.45) is -1.52. The Balaban J connectivity index is 1.82. The standard InChI is InChI=1S/C32H30F3N3O5/c1-5-10-22-15-21(16-27(41-6-2)29(22)42-19-28(39)43-20(3)4)18-36-38-30(23-11-9-12-24(17-23)32(33,34)35)37-26-14-8-7-13-25(26)31(38)40/h5,7-9,11-18,20H,1,6,10,19H2,2-4H3. The first kappa shape index (κ1) is 31.0. The maximum atomic E-state index is 13.5. The van der Waals surface area contributed by atoms with Crippen LogP contribution in [-0.4, -0.2) is 41.2 Å². The summed E-state index contributed by atoms with van der Waals surface area (Å²) in [5, 5.41) is 4.62. The Labute approximate surface area is 246 Å². The lowest BCUT2D eigenvalue weighted by Gasteiger charge is -2.17. The molecule has 3 aromatic carbocycles. The van der Waals surface area contributed by atoms with E-state index in [1.54, 1.807) is 63.2 Å². The van der Waals surface area contributed by atoms with Gasteiger partial charge in [-0.1, -0.05) is 30.3 Å². The predicted octanol–water partition coefficient (Wildman–Crippen LogP) is 6.42.